The van der Waals surface area contributed by atoms with E-state index in [9.17, 15) is 13.2 Å². The minimum Gasteiger partial charge on any atom is -0.487 e. The summed E-state index contributed by atoms with van der Waals surface area (Å²) in [5.74, 6) is -0.664. The van der Waals surface area contributed by atoms with Crippen molar-refractivity contribution >= 4 is 44.6 Å². The highest BCUT2D eigenvalue weighted by Crippen LogP contribution is 2.39. The van der Waals surface area contributed by atoms with Gasteiger partial charge in [0.15, 0.2) is 0 Å². The van der Waals surface area contributed by atoms with Gasteiger partial charge in [-0.2, -0.15) is 8.42 Å². The van der Waals surface area contributed by atoms with Crippen molar-refractivity contribution < 1.29 is 23.1 Å². The van der Waals surface area contributed by atoms with E-state index in [-0.39, 0.29) is 16.5 Å². The molecular weight excluding hydrogens is 472 g/mol. The van der Waals surface area contributed by atoms with Gasteiger partial charge in [-0.05, 0) is 63.1 Å². The molecule has 3 rings (SSSR count). The fraction of sp³-hybridized carbons (Fsp3) is 0.273. The van der Waals surface area contributed by atoms with Gasteiger partial charge in [0.25, 0.3) is 10.0 Å². The number of aryl methyl sites for hydroxylation is 2. The number of sulfonamides is 1. The number of thiazole rings is 1. The minimum atomic E-state index is -3.95. The highest BCUT2D eigenvalue weighted by atomic mass is 35.5. The molecular formula is C22H23ClN2O5S2. The van der Waals surface area contributed by atoms with Crippen molar-refractivity contribution in [3.8, 4) is 5.75 Å². The molecule has 0 saturated carbocycles. The van der Waals surface area contributed by atoms with Crippen molar-refractivity contribution in [3.05, 3.63) is 69.2 Å². The molecule has 0 fully saturated rings. The van der Waals surface area contributed by atoms with E-state index in [1.807, 2.05) is 0 Å². The minimum absolute atomic E-state index is 0.00407. The SMILES string of the molecule is Cc1csc(S(=O)(=O)N(c2cc(Cl)c(C)cc2OCc2ccc(C(=O)O)cc2)C(C)C)n1. The number of hydrogen-bond acceptors (Lipinski definition) is 6. The lowest BCUT2D eigenvalue weighted by Gasteiger charge is -2.29. The van der Waals surface area contributed by atoms with Gasteiger partial charge >= 0.3 is 5.97 Å². The van der Waals surface area contributed by atoms with Gasteiger partial charge in [0.05, 0.1) is 11.3 Å². The number of carboxylic acid groups (broad SMARTS) is 1. The van der Waals surface area contributed by atoms with Gasteiger partial charge in [-0.3, -0.25) is 4.31 Å². The fourth-order valence-corrected chi connectivity index (χ4v) is 5.99. The number of halogens is 1. The second-order valence-electron chi connectivity index (χ2n) is 7.51. The number of nitrogens with zero attached hydrogens (tertiary/aromatic N) is 2. The topological polar surface area (TPSA) is 96.8 Å². The summed E-state index contributed by atoms with van der Waals surface area (Å²) in [4.78, 5) is 15.2. The van der Waals surface area contributed by atoms with Crippen LogP contribution in [0.5, 0.6) is 5.75 Å². The van der Waals surface area contributed by atoms with Gasteiger partial charge in [-0.15, -0.1) is 11.3 Å². The van der Waals surface area contributed by atoms with Gasteiger partial charge in [0, 0.05) is 22.1 Å². The Balaban J connectivity index is 2.01. The van der Waals surface area contributed by atoms with Crippen LogP contribution in [-0.2, 0) is 16.6 Å². The molecule has 0 aliphatic carbocycles. The maximum absolute atomic E-state index is 13.4. The Morgan fingerprint density at radius 3 is 2.41 bits per heavy atom. The van der Waals surface area contributed by atoms with Crippen LogP contribution in [0.3, 0.4) is 0 Å². The lowest BCUT2D eigenvalue weighted by atomic mass is 10.1. The molecule has 0 atom stereocenters. The fourth-order valence-electron chi connectivity index (χ4n) is 3.06. The van der Waals surface area contributed by atoms with Crippen LogP contribution in [0.4, 0.5) is 5.69 Å². The third kappa shape index (κ3) is 5.06. The zero-order valence-electron chi connectivity index (χ0n) is 18.0. The van der Waals surface area contributed by atoms with Crippen LogP contribution in [0, 0.1) is 13.8 Å². The number of carboxylic acids is 1. The monoisotopic (exact) mass is 494 g/mol. The van der Waals surface area contributed by atoms with Crippen molar-refractivity contribution in [2.24, 2.45) is 0 Å². The van der Waals surface area contributed by atoms with Crippen LogP contribution in [0.25, 0.3) is 0 Å². The summed E-state index contributed by atoms with van der Waals surface area (Å²) in [7, 11) is -3.95. The molecule has 1 N–H and O–H groups in total. The Morgan fingerprint density at radius 2 is 1.88 bits per heavy atom. The van der Waals surface area contributed by atoms with Gasteiger partial charge in [-0.1, -0.05) is 23.7 Å². The van der Waals surface area contributed by atoms with E-state index in [1.54, 1.807) is 57.3 Å². The van der Waals surface area contributed by atoms with Crippen LogP contribution in [0.15, 0.2) is 46.1 Å². The molecule has 7 nitrogen and oxygen atoms in total. The molecule has 170 valence electrons. The first-order valence-corrected chi connectivity index (χ1v) is 12.4. The van der Waals surface area contributed by atoms with E-state index in [0.29, 0.717) is 22.2 Å². The van der Waals surface area contributed by atoms with E-state index in [2.05, 4.69) is 4.98 Å². The zero-order valence-corrected chi connectivity index (χ0v) is 20.4. The van der Waals surface area contributed by atoms with E-state index in [4.69, 9.17) is 21.4 Å². The van der Waals surface area contributed by atoms with Gasteiger partial charge in [0.1, 0.15) is 12.4 Å². The second kappa shape index (κ2) is 9.48. The van der Waals surface area contributed by atoms with Crippen molar-refractivity contribution in [2.75, 3.05) is 4.31 Å². The van der Waals surface area contributed by atoms with Crippen LogP contribution in [-0.4, -0.2) is 30.5 Å². The Kier molecular flexibility index (Phi) is 7.12. The summed E-state index contributed by atoms with van der Waals surface area (Å²) < 4.78 is 34.1. The number of hydrogen-bond donors (Lipinski definition) is 1. The zero-order chi connectivity index (χ0) is 23.6. The predicted molar refractivity (Wildman–Crippen MR) is 126 cm³/mol. The highest BCUT2D eigenvalue weighted by molar-refractivity contribution is 7.94. The second-order valence-corrected chi connectivity index (χ2v) is 10.8. The molecule has 0 bridgehead atoms. The molecule has 1 aromatic heterocycles. The lowest BCUT2D eigenvalue weighted by molar-refractivity contribution is 0.0697. The molecule has 2 aromatic carbocycles. The number of ether oxygens (including phenoxy) is 1. The number of aromatic nitrogens is 1. The quantitative estimate of drug-likeness (QED) is 0.456. The molecule has 0 saturated heterocycles. The number of rotatable bonds is 8. The molecule has 0 unspecified atom stereocenters. The molecule has 10 heteroatoms. The first kappa shape index (κ1) is 24.0. The number of benzene rings is 2. The summed E-state index contributed by atoms with van der Waals surface area (Å²) >= 11 is 7.41. The number of carbonyl (C=O) groups is 1. The van der Waals surface area contributed by atoms with E-state index in [1.165, 1.54) is 16.4 Å². The highest BCUT2D eigenvalue weighted by Gasteiger charge is 2.32. The van der Waals surface area contributed by atoms with Gasteiger partial charge in [-0.25, -0.2) is 9.78 Å². The van der Waals surface area contributed by atoms with Crippen LogP contribution < -0.4 is 9.04 Å². The van der Waals surface area contributed by atoms with Crippen LogP contribution in [0.2, 0.25) is 5.02 Å². The normalized spacial score (nSPS) is 11.6. The van der Waals surface area contributed by atoms with Crippen molar-refractivity contribution in [2.45, 2.75) is 44.7 Å². The third-order valence-electron chi connectivity index (χ3n) is 4.62. The predicted octanol–water partition coefficient (Wildman–Crippen LogP) is 5.29. The molecule has 1 heterocycles. The van der Waals surface area contributed by atoms with Crippen LogP contribution >= 0.6 is 22.9 Å². The largest absolute Gasteiger partial charge is 0.487 e. The van der Waals surface area contributed by atoms with Crippen molar-refractivity contribution in [1.82, 2.24) is 4.98 Å². The first-order chi connectivity index (χ1) is 15.0. The van der Waals surface area contributed by atoms with Gasteiger partial charge in [0.2, 0.25) is 4.34 Å². The average Bonchev–Trinajstić information content (AvgIpc) is 3.16. The summed E-state index contributed by atoms with van der Waals surface area (Å²) in [6, 6.07) is 9.14. The molecule has 0 radical (unpaired) electrons. The number of aromatic carboxylic acids is 1. The summed E-state index contributed by atoms with van der Waals surface area (Å²) in [6.07, 6.45) is 0. The average molecular weight is 495 g/mol. The summed E-state index contributed by atoms with van der Waals surface area (Å²) in [5.41, 5.74) is 2.58. The molecule has 0 aliphatic rings. The molecule has 0 aliphatic heterocycles. The molecule has 32 heavy (non-hydrogen) atoms. The van der Waals surface area contributed by atoms with Crippen LogP contribution in [0.1, 0.15) is 41.0 Å². The van der Waals surface area contributed by atoms with E-state index >= 15 is 0 Å². The molecule has 3 aromatic rings. The molecule has 0 amide bonds. The standard InChI is InChI=1S/C22H23ClN2O5S2/c1-13(2)25(32(28,29)22-24-15(4)12-31-22)19-10-18(23)14(3)9-20(19)30-11-16-5-7-17(8-6-16)21(26)27/h5-10,12-13H,11H2,1-4H3,(H,26,27). The van der Waals surface area contributed by atoms with E-state index < -0.39 is 22.0 Å². The third-order valence-corrected chi connectivity index (χ3v) is 8.37. The number of anilines is 1. The maximum Gasteiger partial charge on any atom is 0.335 e. The summed E-state index contributed by atoms with van der Waals surface area (Å²) in [6.45, 7) is 7.19. The smallest absolute Gasteiger partial charge is 0.335 e. The van der Waals surface area contributed by atoms with Crippen molar-refractivity contribution in [3.63, 3.8) is 0 Å². The van der Waals surface area contributed by atoms with Gasteiger partial charge < -0.3 is 9.84 Å². The van der Waals surface area contributed by atoms with Crippen molar-refractivity contribution in [1.29, 1.82) is 0 Å². The first-order valence-electron chi connectivity index (χ1n) is 9.72. The summed E-state index contributed by atoms with van der Waals surface area (Å²) in [5, 5.41) is 11.1. The lowest BCUT2D eigenvalue weighted by Crippen LogP contribution is -2.37. The van der Waals surface area contributed by atoms with E-state index in [0.717, 1.165) is 22.5 Å². The Bertz CT molecular complexity index is 1240. The molecule has 0 spiro atoms. The Hall–Kier alpha value is -2.62. The maximum atomic E-state index is 13.4. The Labute approximate surface area is 196 Å². The Morgan fingerprint density at radius 1 is 1.22 bits per heavy atom.